The molecule has 0 fully saturated rings. The zero-order chi connectivity index (χ0) is 15.0. The van der Waals surface area contributed by atoms with E-state index in [2.05, 4.69) is 19.2 Å². The van der Waals surface area contributed by atoms with Gasteiger partial charge in [0.25, 0.3) is 0 Å². The van der Waals surface area contributed by atoms with Crippen molar-refractivity contribution in [3.63, 3.8) is 0 Å². The van der Waals surface area contributed by atoms with E-state index >= 15 is 0 Å². The van der Waals surface area contributed by atoms with Crippen molar-refractivity contribution < 1.29 is 9.53 Å². The first-order valence-electron chi connectivity index (χ1n) is 7.22. The molecule has 1 aromatic carbocycles. The van der Waals surface area contributed by atoms with Crippen molar-refractivity contribution in [3.8, 4) is 5.75 Å². The minimum atomic E-state index is 0. The predicted octanol–water partition coefficient (Wildman–Crippen LogP) is 2.89. The lowest BCUT2D eigenvalue weighted by Crippen LogP contribution is -2.25. The molecule has 0 radical (unpaired) electrons. The van der Waals surface area contributed by atoms with Crippen LogP contribution >= 0.6 is 12.4 Å². The van der Waals surface area contributed by atoms with Crippen LogP contribution in [0.5, 0.6) is 5.75 Å². The molecule has 1 rings (SSSR count). The fourth-order valence-corrected chi connectivity index (χ4v) is 1.69. The van der Waals surface area contributed by atoms with Gasteiger partial charge in [0.05, 0.1) is 6.61 Å². The van der Waals surface area contributed by atoms with Crippen LogP contribution in [0.1, 0.15) is 39.2 Å². The number of ether oxygens (including phenoxy) is 1. The lowest BCUT2D eigenvalue weighted by atomic mass is 10.1. The van der Waals surface area contributed by atoms with Gasteiger partial charge >= 0.3 is 0 Å². The smallest absolute Gasteiger partial charge is 0.220 e. The molecule has 0 aliphatic carbocycles. The normalized spacial score (nSPS) is 11.7. The number of para-hydroxylation sites is 1. The SMILES string of the molecule is CC(C)COc1ccccc1CNC(=O)CCC(C)N.Cl. The third kappa shape index (κ3) is 8.58. The van der Waals surface area contributed by atoms with Gasteiger partial charge in [-0.05, 0) is 25.3 Å². The van der Waals surface area contributed by atoms with Crippen LogP contribution in [0.25, 0.3) is 0 Å². The van der Waals surface area contributed by atoms with Gasteiger partial charge in [-0.1, -0.05) is 32.0 Å². The first kappa shape index (κ1) is 19.7. The summed E-state index contributed by atoms with van der Waals surface area (Å²) in [5.41, 5.74) is 6.64. The van der Waals surface area contributed by atoms with Crippen LogP contribution < -0.4 is 15.8 Å². The van der Waals surface area contributed by atoms with E-state index in [1.807, 2.05) is 31.2 Å². The standard InChI is InChI=1S/C16H26N2O2.ClH/c1-12(2)11-20-15-7-5-4-6-14(15)10-18-16(19)9-8-13(3)17;/h4-7,12-13H,8-11,17H2,1-3H3,(H,18,19);1H. The summed E-state index contributed by atoms with van der Waals surface area (Å²) in [5.74, 6) is 1.35. The molecule has 1 amide bonds. The van der Waals surface area contributed by atoms with Crippen molar-refractivity contribution >= 4 is 18.3 Å². The van der Waals surface area contributed by atoms with Gasteiger partial charge in [-0.15, -0.1) is 12.4 Å². The summed E-state index contributed by atoms with van der Waals surface area (Å²) in [5, 5.41) is 2.91. The molecule has 1 atom stereocenters. The molecule has 0 saturated heterocycles. The minimum Gasteiger partial charge on any atom is -0.493 e. The Morgan fingerprint density at radius 3 is 2.57 bits per heavy atom. The number of amides is 1. The van der Waals surface area contributed by atoms with Gasteiger partial charge < -0.3 is 15.8 Å². The van der Waals surface area contributed by atoms with Crippen LogP contribution in [0, 0.1) is 5.92 Å². The number of halogens is 1. The second kappa shape index (κ2) is 10.5. The predicted molar refractivity (Wildman–Crippen MR) is 88.8 cm³/mol. The third-order valence-corrected chi connectivity index (χ3v) is 2.85. The van der Waals surface area contributed by atoms with Crippen LogP contribution in [0.4, 0.5) is 0 Å². The Morgan fingerprint density at radius 1 is 1.29 bits per heavy atom. The van der Waals surface area contributed by atoms with E-state index in [1.54, 1.807) is 0 Å². The molecule has 0 heterocycles. The summed E-state index contributed by atoms with van der Waals surface area (Å²) in [4.78, 5) is 11.7. The number of rotatable bonds is 8. The summed E-state index contributed by atoms with van der Waals surface area (Å²) in [7, 11) is 0. The molecule has 1 unspecified atom stereocenters. The fourth-order valence-electron chi connectivity index (χ4n) is 1.69. The van der Waals surface area contributed by atoms with E-state index in [1.165, 1.54) is 0 Å². The van der Waals surface area contributed by atoms with Crippen molar-refractivity contribution in [2.75, 3.05) is 6.61 Å². The molecule has 0 aliphatic heterocycles. The first-order valence-corrected chi connectivity index (χ1v) is 7.22. The molecule has 21 heavy (non-hydrogen) atoms. The van der Waals surface area contributed by atoms with Crippen molar-refractivity contribution in [1.82, 2.24) is 5.32 Å². The Balaban J connectivity index is 0.00000400. The van der Waals surface area contributed by atoms with Gasteiger partial charge in [-0.3, -0.25) is 4.79 Å². The van der Waals surface area contributed by atoms with E-state index in [0.29, 0.717) is 31.9 Å². The first-order chi connectivity index (χ1) is 9.49. The van der Waals surface area contributed by atoms with Gasteiger partial charge in [0.15, 0.2) is 0 Å². The quantitative estimate of drug-likeness (QED) is 0.775. The summed E-state index contributed by atoms with van der Waals surface area (Å²) in [6.07, 6.45) is 1.17. The van der Waals surface area contributed by atoms with Gasteiger partial charge in [0.1, 0.15) is 5.75 Å². The summed E-state index contributed by atoms with van der Waals surface area (Å²) < 4.78 is 5.76. The number of carbonyl (C=O) groups is 1. The molecule has 1 aromatic rings. The lowest BCUT2D eigenvalue weighted by molar-refractivity contribution is -0.121. The van der Waals surface area contributed by atoms with Gasteiger partial charge in [-0.2, -0.15) is 0 Å². The highest BCUT2D eigenvalue weighted by Crippen LogP contribution is 2.18. The molecule has 0 spiro atoms. The topological polar surface area (TPSA) is 64.3 Å². The number of nitrogens with one attached hydrogen (secondary N) is 1. The summed E-state index contributed by atoms with van der Waals surface area (Å²) >= 11 is 0. The molecular formula is C16H27ClN2O2. The Bertz CT molecular complexity index is 422. The maximum absolute atomic E-state index is 11.7. The van der Waals surface area contributed by atoms with Gasteiger partial charge in [-0.25, -0.2) is 0 Å². The third-order valence-electron chi connectivity index (χ3n) is 2.85. The van der Waals surface area contributed by atoms with Crippen LogP contribution in [-0.4, -0.2) is 18.6 Å². The maximum Gasteiger partial charge on any atom is 0.220 e. The van der Waals surface area contributed by atoms with E-state index < -0.39 is 0 Å². The largest absolute Gasteiger partial charge is 0.493 e. The number of hydrogen-bond acceptors (Lipinski definition) is 3. The van der Waals surface area contributed by atoms with Crippen LogP contribution in [0.2, 0.25) is 0 Å². The lowest BCUT2D eigenvalue weighted by Gasteiger charge is -2.13. The van der Waals surface area contributed by atoms with E-state index in [9.17, 15) is 4.79 Å². The van der Waals surface area contributed by atoms with E-state index in [4.69, 9.17) is 10.5 Å². The highest BCUT2D eigenvalue weighted by molar-refractivity contribution is 5.85. The average Bonchev–Trinajstić information content (AvgIpc) is 2.41. The average molecular weight is 315 g/mol. The molecular weight excluding hydrogens is 288 g/mol. The number of benzene rings is 1. The molecule has 120 valence electrons. The highest BCUT2D eigenvalue weighted by Gasteiger charge is 2.07. The Labute approximate surface area is 133 Å². The second-order valence-electron chi connectivity index (χ2n) is 5.61. The molecule has 0 aliphatic rings. The molecule has 5 heteroatoms. The maximum atomic E-state index is 11.7. The van der Waals surface area contributed by atoms with Gasteiger partial charge in [0.2, 0.25) is 5.91 Å². The molecule has 4 nitrogen and oxygen atoms in total. The Kier molecular flexibility index (Phi) is 9.84. The van der Waals surface area contributed by atoms with Crippen molar-refractivity contribution in [3.05, 3.63) is 29.8 Å². The van der Waals surface area contributed by atoms with Crippen LogP contribution in [-0.2, 0) is 11.3 Å². The Hall–Kier alpha value is -1.26. The zero-order valence-corrected chi connectivity index (χ0v) is 13.9. The molecule has 0 bridgehead atoms. The number of hydrogen-bond donors (Lipinski definition) is 2. The van der Waals surface area contributed by atoms with E-state index in [-0.39, 0.29) is 24.4 Å². The summed E-state index contributed by atoms with van der Waals surface area (Å²) in [6, 6.07) is 7.86. The van der Waals surface area contributed by atoms with Crippen LogP contribution in [0.15, 0.2) is 24.3 Å². The molecule has 3 N–H and O–H groups in total. The number of carbonyl (C=O) groups excluding carboxylic acids is 1. The fraction of sp³-hybridized carbons (Fsp3) is 0.562. The summed E-state index contributed by atoms with van der Waals surface area (Å²) in [6.45, 7) is 7.29. The van der Waals surface area contributed by atoms with E-state index in [0.717, 1.165) is 11.3 Å². The Morgan fingerprint density at radius 2 is 1.95 bits per heavy atom. The number of nitrogens with two attached hydrogens (primary N) is 1. The van der Waals surface area contributed by atoms with Crippen molar-refractivity contribution in [1.29, 1.82) is 0 Å². The molecule has 0 saturated carbocycles. The highest BCUT2D eigenvalue weighted by atomic mass is 35.5. The van der Waals surface area contributed by atoms with Gasteiger partial charge in [0, 0.05) is 24.6 Å². The van der Waals surface area contributed by atoms with Crippen molar-refractivity contribution in [2.45, 2.75) is 46.2 Å². The van der Waals surface area contributed by atoms with Crippen molar-refractivity contribution in [2.24, 2.45) is 11.7 Å². The zero-order valence-electron chi connectivity index (χ0n) is 13.1. The van der Waals surface area contributed by atoms with Crippen LogP contribution in [0.3, 0.4) is 0 Å². The molecule has 0 aromatic heterocycles. The minimum absolute atomic E-state index is 0. The monoisotopic (exact) mass is 314 g/mol. The second-order valence-corrected chi connectivity index (χ2v) is 5.61.